The fourth-order valence-electron chi connectivity index (χ4n) is 5.96. The topological polar surface area (TPSA) is 105 Å². The van der Waals surface area contributed by atoms with Crippen molar-refractivity contribution in [2.24, 2.45) is 0 Å². The maximum absolute atomic E-state index is 13.4. The molecular weight excluding hydrogens is 470 g/mol. The summed E-state index contributed by atoms with van der Waals surface area (Å²) in [6.07, 6.45) is 6.88. The van der Waals surface area contributed by atoms with Crippen molar-refractivity contribution < 1.29 is 19.2 Å². The minimum atomic E-state index is -0.694. The van der Waals surface area contributed by atoms with Gasteiger partial charge in [0.05, 0.1) is 17.4 Å². The predicted molar refractivity (Wildman–Crippen MR) is 137 cm³/mol. The number of aromatic nitrogens is 2. The van der Waals surface area contributed by atoms with Crippen LogP contribution in [0.1, 0.15) is 61.0 Å². The molecule has 0 saturated carbocycles. The number of nitrogens with zero attached hydrogens (tertiary/aromatic N) is 4. The molecule has 1 unspecified atom stereocenters. The van der Waals surface area contributed by atoms with E-state index in [4.69, 9.17) is 0 Å². The van der Waals surface area contributed by atoms with E-state index in [9.17, 15) is 19.2 Å². The summed E-state index contributed by atoms with van der Waals surface area (Å²) in [5.41, 5.74) is 3.31. The van der Waals surface area contributed by atoms with E-state index in [1.807, 2.05) is 40.0 Å². The Kier molecular flexibility index (Phi) is 5.40. The van der Waals surface area contributed by atoms with Crippen molar-refractivity contribution >= 4 is 40.1 Å². The Morgan fingerprint density at radius 1 is 1.14 bits per heavy atom. The Balaban J connectivity index is 1.29. The lowest BCUT2D eigenvalue weighted by molar-refractivity contribution is -0.134. The Morgan fingerprint density at radius 2 is 1.92 bits per heavy atom. The van der Waals surface area contributed by atoms with Gasteiger partial charge in [-0.2, -0.15) is 5.10 Å². The molecule has 37 heavy (non-hydrogen) atoms. The summed E-state index contributed by atoms with van der Waals surface area (Å²) in [6, 6.07) is 8.94. The Labute approximate surface area is 214 Å². The molecular formula is C28H29N5O4. The second-order valence-corrected chi connectivity index (χ2v) is 10.6. The second-order valence-electron chi connectivity index (χ2n) is 10.6. The molecule has 4 heterocycles. The van der Waals surface area contributed by atoms with Gasteiger partial charge in [-0.15, -0.1) is 0 Å². The van der Waals surface area contributed by atoms with Gasteiger partial charge >= 0.3 is 0 Å². The zero-order valence-corrected chi connectivity index (χ0v) is 21.0. The molecule has 1 aromatic heterocycles. The predicted octanol–water partition coefficient (Wildman–Crippen LogP) is 2.75. The van der Waals surface area contributed by atoms with E-state index >= 15 is 0 Å². The van der Waals surface area contributed by atoms with Crippen LogP contribution in [-0.2, 0) is 26.3 Å². The highest BCUT2D eigenvalue weighted by molar-refractivity contribution is 6.27. The fourth-order valence-corrected chi connectivity index (χ4v) is 5.96. The molecule has 2 aromatic carbocycles. The minimum absolute atomic E-state index is 0.116. The summed E-state index contributed by atoms with van der Waals surface area (Å²) in [5.74, 6) is -0.816. The first-order valence-electron chi connectivity index (χ1n) is 12.8. The summed E-state index contributed by atoms with van der Waals surface area (Å²) in [7, 11) is 0. The number of carbonyl (C=O) groups is 4. The van der Waals surface area contributed by atoms with Crippen LogP contribution in [0.4, 0.5) is 5.69 Å². The zero-order valence-electron chi connectivity index (χ0n) is 21.0. The van der Waals surface area contributed by atoms with E-state index in [0.29, 0.717) is 24.1 Å². The SMILES string of the molecule is CC(=O)N1CCC(C)(n2cc(Cc3ccc4c5c(cccc35)C(=O)N4C3CCC(=O)NC3=O)cn2)CC1. The van der Waals surface area contributed by atoms with Crippen LogP contribution in [0.5, 0.6) is 0 Å². The average molecular weight is 500 g/mol. The van der Waals surface area contributed by atoms with Crippen molar-refractivity contribution in [3.63, 3.8) is 0 Å². The lowest BCUT2D eigenvalue weighted by Crippen LogP contribution is -2.53. The summed E-state index contributed by atoms with van der Waals surface area (Å²) < 4.78 is 2.04. The van der Waals surface area contributed by atoms with Gasteiger partial charge in [0.25, 0.3) is 5.91 Å². The molecule has 2 fully saturated rings. The van der Waals surface area contributed by atoms with Crippen LogP contribution < -0.4 is 10.2 Å². The first-order chi connectivity index (χ1) is 17.7. The van der Waals surface area contributed by atoms with E-state index < -0.39 is 11.9 Å². The van der Waals surface area contributed by atoms with E-state index in [2.05, 4.69) is 23.5 Å². The molecule has 3 aliphatic rings. The molecule has 1 N–H and O–H groups in total. The van der Waals surface area contributed by atoms with Crippen LogP contribution in [0, 0.1) is 0 Å². The van der Waals surface area contributed by atoms with E-state index in [-0.39, 0.29) is 29.7 Å². The van der Waals surface area contributed by atoms with Crippen LogP contribution in [0.2, 0.25) is 0 Å². The van der Waals surface area contributed by atoms with Crippen molar-refractivity contribution in [3.8, 4) is 0 Å². The van der Waals surface area contributed by atoms with Crippen LogP contribution in [-0.4, -0.2) is 57.4 Å². The summed E-state index contributed by atoms with van der Waals surface area (Å²) >= 11 is 0. The van der Waals surface area contributed by atoms with Gasteiger partial charge in [-0.1, -0.05) is 18.2 Å². The number of likely N-dealkylation sites (tertiary alicyclic amines) is 1. The Morgan fingerprint density at radius 3 is 2.65 bits per heavy atom. The van der Waals surface area contributed by atoms with Gasteiger partial charge in [-0.3, -0.25) is 34.1 Å². The number of imide groups is 1. The average Bonchev–Trinajstić information content (AvgIpc) is 3.46. The van der Waals surface area contributed by atoms with Crippen molar-refractivity contribution in [2.75, 3.05) is 18.0 Å². The molecule has 1 atom stereocenters. The van der Waals surface area contributed by atoms with Crippen LogP contribution in [0.15, 0.2) is 42.7 Å². The molecule has 4 amide bonds. The smallest absolute Gasteiger partial charge is 0.259 e. The number of amides is 4. The molecule has 0 radical (unpaired) electrons. The third kappa shape index (κ3) is 3.80. The number of anilines is 1. The normalized spacial score (nSPS) is 21.0. The monoisotopic (exact) mass is 499 g/mol. The van der Waals surface area contributed by atoms with E-state index in [0.717, 1.165) is 47.8 Å². The van der Waals surface area contributed by atoms with E-state index in [1.165, 1.54) is 0 Å². The van der Waals surface area contributed by atoms with Gasteiger partial charge in [0, 0.05) is 50.0 Å². The second kappa shape index (κ2) is 8.54. The highest BCUT2D eigenvalue weighted by Gasteiger charge is 2.41. The molecule has 0 spiro atoms. The van der Waals surface area contributed by atoms with Gasteiger partial charge < -0.3 is 4.90 Å². The van der Waals surface area contributed by atoms with Gasteiger partial charge in [-0.25, -0.2) is 0 Å². The maximum Gasteiger partial charge on any atom is 0.259 e. The zero-order chi connectivity index (χ0) is 25.9. The third-order valence-electron chi connectivity index (χ3n) is 8.21. The number of hydrogen-bond donors (Lipinski definition) is 1. The summed E-state index contributed by atoms with van der Waals surface area (Å²) in [5, 5.41) is 8.88. The van der Waals surface area contributed by atoms with E-state index in [1.54, 1.807) is 17.9 Å². The first kappa shape index (κ1) is 23.4. The number of piperidine rings is 2. The Bertz CT molecular complexity index is 1470. The van der Waals surface area contributed by atoms with Crippen LogP contribution in [0.3, 0.4) is 0 Å². The molecule has 9 heteroatoms. The lowest BCUT2D eigenvalue weighted by Gasteiger charge is -2.39. The lowest BCUT2D eigenvalue weighted by atomic mass is 9.89. The van der Waals surface area contributed by atoms with Crippen LogP contribution in [0.25, 0.3) is 10.8 Å². The van der Waals surface area contributed by atoms with Gasteiger partial charge in [0.2, 0.25) is 17.7 Å². The number of carbonyl (C=O) groups excluding carboxylic acids is 4. The molecule has 2 saturated heterocycles. The van der Waals surface area contributed by atoms with Gasteiger partial charge in [-0.05, 0) is 54.8 Å². The quantitative estimate of drug-likeness (QED) is 0.556. The molecule has 0 bridgehead atoms. The van der Waals surface area contributed by atoms with Crippen LogP contribution >= 0.6 is 0 Å². The summed E-state index contributed by atoms with van der Waals surface area (Å²) in [4.78, 5) is 52.8. The molecule has 3 aliphatic heterocycles. The molecule has 190 valence electrons. The Hall–Kier alpha value is -4.01. The number of rotatable bonds is 4. The maximum atomic E-state index is 13.4. The number of benzene rings is 2. The number of hydrogen-bond acceptors (Lipinski definition) is 5. The molecule has 6 rings (SSSR count). The third-order valence-corrected chi connectivity index (χ3v) is 8.21. The summed E-state index contributed by atoms with van der Waals surface area (Å²) in [6.45, 7) is 5.26. The highest BCUT2D eigenvalue weighted by Crippen LogP contribution is 2.41. The van der Waals surface area contributed by atoms with Gasteiger partial charge in [0.1, 0.15) is 6.04 Å². The highest BCUT2D eigenvalue weighted by atomic mass is 16.2. The largest absolute Gasteiger partial charge is 0.343 e. The van der Waals surface area contributed by atoms with Crippen molar-refractivity contribution in [2.45, 2.75) is 57.5 Å². The van der Waals surface area contributed by atoms with Crippen molar-refractivity contribution in [1.29, 1.82) is 0 Å². The first-order valence-corrected chi connectivity index (χ1v) is 12.8. The van der Waals surface area contributed by atoms with Crippen molar-refractivity contribution in [3.05, 3.63) is 59.4 Å². The van der Waals surface area contributed by atoms with Gasteiger partial charge in [0.15, 0.2) is 0 Å². The number of nitrogens with one attached hydrogen (secondary N) is 1. The standard InChI is InChI=1S/C28H29N5O4/c1-17(34)31-12-10-28(2,11-13-31)32-16-18(15-29-32)14-19-6-7-22-25-20(19)4-3-5-21(25)27(37)33(22)23-8-9-24(35)30-26(23)36/h3-7,15-16,23H,8-14H2,1-2H3,(H,30,35,36). The molecule has 3 aromatic rings. The van der Waals surface area contributed by atoms with Crippen molar-refractivity contribution in [1.82, 2.24) is 20.0 Å². The minimum Gasteiger partial charge on any atom is -0.343 e. The molecule has 0 aliphatic carbocycles. The molecule has 9 nitrogen and oxygen atoms in total. The fraction of sp³-hybridized carbons (Fsp3) is 0.393.